The van der Waals surface area contributed by atoms with E-state index in [4.69, 9.17) is 11.6 Å². The average molecular weight is 204 g/mol. The monoisotopic (exact) mass is 203 g/mol. The van der Waals surface area contributed by atoms with Gasteiger partial charge in [0.2, 0.25) is 0 Å². The highest BCUT2D eigenvalue weighted by Gasteiger charge is 2.20. The fourth-order valence-electron chi connectivity index (χ4n) is 1.11. The quantitative estimate of drug-likeness (QED) is 0.586. The Morgan fingerprint density at radius 1 is 1.58 bits per heavy atom. The molecule has 1 nitrogen and oxygen atoms in total. The number of thiophene rings is 1. The van der Waals surface area contributed by atoms with Crippen molar-refractivity contribution in [2.75, 3.05) is 12.5 Å². The Hall–Kier alpha value is -0.0500. The summed E-state index contributed by atoms with van der Waals surface area (Å²) in [5.41, 5.74) is 0.197. The summed E-state index contributed by atoms with van der Waals surface area (Å²) in [5.74, 6) is 0. The van der Waals surface area contributed by atoms with Crippen molar-refractivity contribution in [3.05, 3.63) is 22.4 Å². The van der Waals surface area contributed by atoms with Crippen LogP contribution in [0.2, 0.25) is 0 Å². The van der Waals surface area contributed by atoms with Crippen molar-refractivity contribution in [3.8, 4) is 0 Å². The van der Waals surface area contributed by atoms with Crippen molar-refractivity contribution in [3.63, 3.8) is 0 Å². The predicted octanol–water partition coefficient (Wildman–Crippen LogP) is 2.81. The second-order valence-corrected chi connectivity index (χ2v) is 4.64. The third-order valence-corrected chi connectivity index (χ3v) is 3.27. The van der Waals surface area contributed by atoms with Gasteiger partial charge in [0.25, 0.3) is 0 Å². The summed E-state index contributed by atoms with van der Waals surface area (Å²) in [5, 5.41) is 5.26. The van der Waals surface area contributed by atoms with E-state index in [0.29, 0.717) is 6.00 Å². The lowest BCUT2D eigenvalue weighted by Crippen LogP contribution is -2.31. The molecule has 1 N–H and O–H groups in total. The molecule has 1 aromatic rings. The Kier molecular flexibility index (Phi) is 3.56. The van der Waals surface area contributed by atoms with Crippen LogP contribution >= 0.6 is 22.9 Å². The molecule has 0 amide bonds. The Balaban J connectivity index is 2.59. The van der Waals surface area contributed by atoms with Crippen molar-refractivity contribution >= 4 is 22.9 Å². The van der Waals surface area contributed by atoms with E-state index in [0.717, 1.165) is 6.54 Å². The number of alkyl halides is 1. The van der Waals surface area contributed by atoms with Gasteiger partial charge in [-0.2, -0.15) is 0 Å². The van der Waals surface area contributed by atoms with Crippen LogP contribution < -0.4 is 5.32 Å². The minimum absolute atomic E-state index is 0.197. The van der Waals surface area contributed by atoms with Gasteiger partial charge >= 0.3 is 0 Å². The fraction of sp³-hybridized carbons (Fsp3) is 0.556. The molecular formula is C9H14ClNS. The summed E-state index contributed by atoms with van der Waals surface area (Å²) >= 11 is 7.36. The number of nitrogens with one attached hydrogen (secondary N) is 1. The standard InChI is InChI=1S/C9H14ClNS/c1-9(2,6-11-7-10)8-4-3-5-12-8/h3-5,11H,6-7H2,1-2H3. The molecule has 0 radical (unpaired) electrons. The Labute approximate surface area is 82.7 Å². The molecule has 0 atom stereocenters. The maximum Gasteiger partial charge on any atom is 0.0713 e. The molecule has 0 aliphatic rings. The van der Waals surface area contributed by atoms with E-state index in [2.05, 4.69) is 36.7 Å². The van der Waals surface area contributed by atoms with Gasteiger partial charge in [-0.1, -0.05) is 19.9 Å². The van der Waals surface area contributed by atoms with E-state index >= 15 is 0 Å². The summed E-state index contributed by atoms with van der Waals surface area (Å²) in [6.07, 6.45) is 0. The summed E-state index contributed by atoms with van der Waals surface area (Å²) in [4.78, 5) is 1.40. The van der Waals surface area contributed by atoms with Crippen molar-refractivity contribution in [1.82, 2.24) is 5.32 Å². The van der Waals surface area contributed by atoms with Gasteiger partial charge < -0.3 is 5.32 Å². The van der Waals surface area contributed by atoms with Gasteiger partial charge in [0, 0.05) is 16.8 Å². The second-order valence-electron chi connectivity index (χ2n) is 3.42. The third-order valence-electron chi connectivity index (χ3n) is 1.85. The maximum atomic E-state index is 5.56. The first-order valence-corrected chi connectivity index (χ1v) is 5.39. The first-order valence-electron chi connectivity index (χ1n) is 3.97. The van der Waals surface area contributed by atoms with Crippen LogP contribution in [0.25, 0.3) is 0 Å². The molecule has 1 aromatic heterocycles. The molecule has 3 heteroatoms. The van der Waals surface area contributed by atoms with Crippen molar-refractivity contribution in [2.24, 2.45) is 0 Å². The molecule has 0 aliphatic carbocycles. The summed E-state index contributed by atoms with van der Waals surface area (Å²) in [7, 11) is 0. The van der Waals surface area contributed by atoms with E-state index in [1.54, 1.807) is 11.3 Å². The molecule has 0 saturated carbocycles. The number of halogens is 1. The largest absolute Gasteiger partial charge is 0.303 e. The highest BCUT2D eigenvalue weighted by Crippen LogP contribution is 2.26. The molecular weight excluding hydrogens is 190 g/mol. The van der Waals surface area contributed by atoms with Gasteiger partial charge in [-0.05, 0) is 11.4 Å². The van der Waals surface area contributed by atoms with Crippen LogP contribution in [0.4, 0.5) is 0 Å². The van der Waals surface area contributed by atoms with E-state index in [1.165, 1.54) is 4.88 Å². The summed E-state index contributed by atoms with van der Waals surface area (Å²) < 4.78 is 0. The zero-order valence-corrected chi connectivity index (χ0v) is 9.00. The Morgan fingerprint density at radius 3 is 2.83 bits per heavy atom. The average Bonchev–Trinajstić information content (AvgIpc) is 2.53. The minimum Gasteiger partial charge on any atom is -0.303 e. The zero-order valence-electron chi connectivity index (χ0n) is 7.43. The number of rotatable bonds is 4. The van der Waals surface area contributed by atoms with Crippen LogP contribution in [0.15, 0.2) is 17.5 Å². The Morgan fingerprint density at radius 2 is 2.33 bits per heavy atom. The van der Waals surface area contributed by atoms with Gasteiger partial charge in [-0.15, -0.1) is 22.9 Å². The van der Waals surface area contributed by atoms with E-state index in [1.807, 2.05) is 0 Å². The van der Waals surface area contributed by atoms with Crippen LogP contribution in [-0.4, -0.2) is 12.5 Å². The molecule has 68 valence electrons. The molecule has 0 aromatic carbocycles. The third kappa shape index (κ3) is 2.47. The van der Waals surface area contributed by atoms with E-state index in [-0.39, 0.29) is 5.41 Å². The Bertz CT molecular complexity index is 218. The van der Waals surface area contributed by atoms with Crippen molar-refractivity contribution in [2.45, 2.75) is 19.3 Å². The minimum atomic E-state index is 0.197. The smallest absolute Gasteiger partial charge is 0.0713 e. The van der Waals surface area contributed by atoms with Gasteiger partial charge in [0.1, 0.15) is 0 Å². The van der Waals surface area contributed by atoms with Gasteiger partial charge in [0.05, 0.1) is 6.00 Å². The lowest BCUT2D eigenvalue weighted by molar-refractivity contribution is 0.498. The predicted molar refractivity (Wildman–Crippen MR) is 56.1 cm³/mol. The first-order chi connectivity index (χ1) is 5.67. The van der Waals surface area contributed by atoms with Gasteiger partial charge in [0.15, 0.2) is 0 Å². The lowest BCUT2D eigenvalue weighted by Gasteiger charge is -2.22. The van der Waals surface area contributed by atoms with E-state index < -0.39 is 0 Å². The molecule has 12 heavy (non-hydrogen) atoms. The highest BCUT2D eigenvalue weighted by molar-refractivity contribution is 7.10. The molecule has 0 unspecified atom stereocenters. The molecule has 1 heterocycles. The first kappa shape index (κ1) is 10.0. The van der Waals surface area contributed by atoms with Gasteiger partial charge in [-0.3, -0.25) is 0 Å². The van der Waals surface area contributed by atoms with Crippen LogP contribution in [0.3, 0.4) is 0 Å². The summed E-state index contributed by atoms with van der Waals surface area (Å²) in [6, 6.07) is 4.78. The SMILES string of the molecule is CC(C)(CNCCl)c1cccs1. The van der Waals surface area contributed by atoms with Crippen LogP contribution in [0, 0.1) is 0 Å². The maximum absolute atomic E-state index is 5.56. The van der Waals surface area contributed by atoms with Crippen LogP contribution in [0.1, 0.15) is 18.7 Å². The van der Waals surface area contributed by atoms with Crippen LogP contribution in [-0.2, 0) is 5.41 Å². The number of hydrogen-bond acceptors (Lipinski definition) is 2. The molecule has 0 bridgehead atoms. The topological polar surface area (TPSA) is 12.0 Å². The van der Waals surface area contributed by atoms with Crippen LogP contribution in [0.5, 0.6) is 0 Å². The van der Waals surface area contributed by atoms with Crippen molar-refractivity contribution < 1.29 is 0 Å². The highest BCUT2D eigenvalue weighted by atomic mass is 35.5. The molecule has 1 rings (SSSR count). The molecule has 0 spiro atoms. The number of hydrogen-bond donors (Lipinski definition) is 1. The normalized spacial score (nSPS) is 11.9. The summed E-state index contributed by atoms with van der Waals surface area (Å²) in [6.45, 7) is 5.37. The van der Waals surface area contributed by atoms with E-state index in [9.17, 15) is 0 Å². The molecule has 0 fully saturated rings. The van der Waals surface area contributed by atoms with Gasteiger partial charge in [-0.25, -0.2) is 0 Å². The molecule has 0 aliphatic heterocycles. The zero-order chi connectivity index (χ0) is 9.03. The van der Waals surface area contributed by atoms with Crippen molar-refractivity contribution in [1.29, 1.82) is 0 Å². The second kappa shape index (κ2) is 4.26. The fourth-order valence-corrected chi connectivity index (χ4v) is 2.06. The lowest BCUT2D eigenvalue weighted by atomic mass is 9.92. The molecule has 0 saturated heterocycles.